The first-order chi connectivity index (χ1) is 9.25. The summed E-state index contributed by atoms with van der Waals surface area (Å²) >= 11 is 0. The molecule has 3 heterocycles. The second-order valence-electron chi connectivity index (χ2n) is 4.57. The smallest absolute Gasteiger partial charge is 0.180 e. The number of amidine groups is 1. The number of nitrogen functional groups attached to an aromatic ring is 1. The SMILES string of the molecule is N=C(N)c1ccnc2ncn(NC3CCOCC3)c12. The molecule has 7 heteroatoms. The lowest BCUT2D eigenvalue weighted by Gasteiger charge is -2.24. The topological polar surface area (TPSA) is 102 Å². The van der Waals surface area contributed by atoms with Gasteiger partial charge in [0.1, 0.15) is 17.7 Å². The predicted molar refractivity (Wildman–Crippen MR) is 71.7 cm³/mol. The first-order valence-corrected chi connectivity index (χ1v) is 6.26. The van der Waals surface area contributed by atoms with Gasteiger partial charge in [0.15, 0.2) is 5.65 Å². The number of aromatic nitrogens is 3. The van der Waals surface area contributed by atoms with Gasteiger partial charge in [-0.05, 0) is 18.9 Å². The molecule has 0 saturated carbocycles. The molecular weight excluding hydrogens is 244 g/mol. The highest BCUT2D eigenvalue weighted by Gasteiger charge is 2.16. The summed E-state index contributed by atoms with van der Waals surface area (Å²) < 4.78 is 7.15. The number of nitrogens with two attached hydrogens (primary N) is 1. The normalized spacial score (nSPS) is 16.6. The molecule has 3 rings (SSSR count). The van der Waals surface area contributed by atoms with Gasteiger partial charge in [0.25, 0.3) is 0 Å². The molecule has 2 aromatic rings. The first kappa shape index (κ1) is 11.9. The van der Waals surface area contributed by atoms with Gasteiger partial charge in [0.05, 0.1) is 0 Å². The molecular formula is C12H16N6O. The third-order valence-corrected chi connectivity index (χ3v) is 3.27. The number of pyridine rings is 1. The molecule has 0 atom stereocenters. The Bertz CT molecular complexity index is 601. The third-order valence-electron chi connectivity index (χ3n) is 3.27. The van der Waals surface area contributed by atoms with Gasteiger partial charge in [-0.3, -0.25) is 5.41 Å². The van der Waals surface area contributed by atoms with Crippen molar-refractivity contribution < 1.29 is 4.74 Å². The number of fused-ring (bicyclic) bond motifs is 1. The van der Waals surface area contributed by atoms with E-state index < -0.39 is 0 Å². The van der Waals surface area contributed by atoms with E-state index in [1.807, 2.05) is 4.68 Å². The Kier molecular flexibility index (Phi) is 3.04. The van der Waals surface area contributed by atoms with Crippen molar-refractivity contribution >= 4 is 17.0 Å². The summed E-state index contributed by atoms with van der Waals surface area (Å²) in [7, 11) is 0. The van der Waals surface area contributed by atoms with Gasteiger partial charge in [0, 0.05) is 31.0 Å². The van der Waals surface area contributed by atoms with E-state index in [-0.39, 0.29) is 5.84 Å². The van der Waals surface area contributed by atoms with Crippen molar-refractivity contribution in [3.8, 4) is 0 Å². The van der Waals surface area contributed by atoms with Crippen LogP contribution in [0, 0.1) is 5.41 Å². The Labute approximate surface area is 110 Å². The summed E-state index contributed by atoms with van der Waals surface area (Å²) in [4.78, 5) is 8.42. The highest BCUT2D eigenvalue weighted by molar-refractivity contribution is 6.04. The summed E-state index contributed by atoms with van der Waals surface area (Å²) in [5.41, 5.74) is 11.0. The van der Waals surface area contributed by atoms with E-state index >= 15 is 0 Å². The summed E-state index contributed by atoms with van der Waals surface area (Å²) in [6.45, 7) is 1.53. The van der Waals surface area contributed by atoms with Gasteiger partial charge in [-0.15, -0.1) is 0 Å². The molecule has 4 N–H and O–H groups in total. The van der Waals surface area contributed by atoms with Gasteiger partial charge in [-0.1, -0.05) is 0 Å². The molecule has 2 aromatic heterocycles. The predicted octanol–water partition coefficient (Wildman–Crippen LogP) is 0.438. The lowest BCUT2D eigenvalue weighted by molar-refractivity contribution is 0.0881. The summed E-state index contributed by atoms with van der Waals surface area (Å²) in [6.07, 6.45) is 5.20. The molecule has 1 fully saturated rings. The van der Waals surface area contributed by atoms with Gasteiger partial charge < -0.3 is 15.9 Å². The monoisotopic (exact) mass is 260 g/mol. The minimum absolute atomic E-state index is 0.0166. The average molecular weight is 260 g/mol. The van der Waals surface area contributed by atoms with Crippen molar-refractivity contribution in [3.05, 3.63) is 24.2 Å². The van der Waals surface area contributed by atoms with Crippen LogP contribution in [0.5, 0.6) is 0 Å². The number of nitrogens with zero attached hydrogens (tertiary/aromatic N) is 3. The van der Waals surface area contributed by atoms with E-state index in [0.717, 1.165) is 31.6 Å². The van der Waals surface area contributed by atoms with Crippen LogP contribution in [0.15, 0.2) is 18.6 Å². The van der Waals surface area contributed by atoms with Crippen molar-refractivity contribution in [2.45, 2.75) is 18.9 Å². The lowest BCUT2D eigenvalue weighted by Crippen LogP contribution is -2.33. The Hall–Kier alpha value is -2.15. The number of hydrogen-bond donors (Lipinski definition) is 3. The quantitative estimate of drug-likeness (QED) is 0.549. The molecule has 100 valence electrons. The molecule has 0 amide bonds. The third kappa shape index (κ3) is 2.24. The van der Waals surface area contributed by atoms with E-state index in [0.29, 0.717) is 17.3 Å². The van der Waals surface area contributed by atoms with Crippen LogP contribution in [0.4, 0.5) is 0 Å². The Morgan fingerprint density at radius 2 is 2.21 bits per heavy atom. The highest BCUT2D eigenvalue weighted by Crippen LogP contribution is 2.16. The molecule has 0 spiro atoms. The van der Waals surface area contributed by atoms with Crippen molar-refractivity contribution in [2.24, 2.45) is 5.73 Å². The lowest BCUT2D eigenvalue weighted by atomic mass is 10.1. The van der Waals surface area contributed by atoms with Crippen molar-refractivity contribution in [1.29, 1.82) is 5.41 Å². The molecule has 0 bridgehead atoms. The zero-order valence-electron chi connectivity index (χ0n) is 10.5. The molecule has 0 aromatic carbocycles. The van der Waals surface area contributed by atoms with Crippen LogP contribution >= 0.6 is 0 Å². The number of hydrogen-bond acceptors (Lipinski definition) is 5. The molecule has 0 aliphatic carbocycles. The largest absolute Gasteiger partial charge is 0.384 e. The fourth-order valence-electron chi connectivity index (χ4n) is 2.28. The minimum Gasteiger partial charge on any atom is -0.384 e. The molecule has 1 aliphatic rings. The van der Waals surface area contributed by atoms with Crippen LogP contribution in [-0.2, 0) is 4.74 Å². The number of rotatable bonds is 3. The van der Waals surface area contributed by atoms with Crippen molar-refractivity contribution in [2.75, 3.05) is 18.6 Å². The fraction of sp³-hybridized carbons (Fsp3) is 0.417. The maximum atomic E-state index is 7.63. The van der Waals surface area contributed by atoms with E-state index in [1.54, 1.807) is 18.6 Å². The van der Waals surface area contributed by atoms with E-state index in [9.17, 15) is 0 Å². The molecule has 0 unspecified atom stereocenters. The van der Waals surface area contributed by atoms with Gasteiger partial charge in [-0.2, -0.15) is 0 Å². The molecule has 7 nitrogen and oxygen atoms in total. The number of ether oxygens (including phenoxy) is 1. The summed E-state index contributed by atoms with van der Waals surface area (Å²) in [5.74, 6) is 0.0166. The second-order valence-corrected chi connectivity index (χ2v) is 4.57. The van der Waals surface area contributed by atoms with Crippen LogP contribution in [-0.4, -0.2) is 39.7 Å². The summed E-state index contributed by atoms with van der Waals surface area (Å²) in [6, 6.07) is 2.07. The Morgan fingerprint density at radius 3 is 2.95 bits per heavy atom. The fourth-order valence-corrected chi connectivity index (χ4v) is 2.28. The van der Waals surface area contributed by atoms with Gasteiger partial charge in [-0.25, -0.2) is 14.6 Å². The zero-order chi connectivity index (χ0) is 13.2. The summed E-state index contributed by atoms with van der Waals surface area (Å²) in [5, 5.41) is 7.63. The van der Waals surface area contributed by atoms with E-state index in [2.05, 4.69) is 15.4 Å². The first-order valence-electron chi connectivity index (χ1n) is 6.26. The molecule has 1 saturated heterocycles. The Morgan fingerprint density at radius 1 is 1.42 bits per heavy atom. The van der Waals surface area contributed by atoms with Crippen LogP contribution in [0.2, 0.25) is 0 Å². The molecule has 1 aliphatic heterocycles. The standard InChI is InChI=1S/C12H16N6O/c13-11(14)9-1-4-15-12-10(9)18(7-16-12)17-8-2-5-19-6-3-8/h1,4,7-8,17H,2-3,5-6H2,(H3,13,14). The van der Waals surface area contributed by atoms with Crippen LogP contribution in [0.1, 0.15) is 18.4 Å². The number of imidazole rings is 1. The van der Waals surface area contributed by atoms with Gasteiger partial charge >= 0.3 is 0 Å². The number of nitrogens with one attached hydrogen (secondary N) is 2. The highest BCUT2D eigenvalue weighted by atomic mass is 16.5. The van der Waals surface area contributed by atoms with E-state index in [1.165, 1.54) is 0 Å². The van der Waals surface area contributed by atoms with Crippen LogP contribution in [0.3, 0.4) is 0 Å². The maximum absolute atomic E-state index is 7.63. The van der Waals surface area contributed by atoms with Crippen molar-refractivity contribution in [1.82, 2.24) is 14.6 Å². The Balaban J connectivity index is 1.96. The molecule has 0 radical (unpaired) electrons. The van der Waals surface area contributed by atoms with Gasteiger partial charge in [0.2, 0.25) is 0 Å². The molecule has 19 heavy (non-hydrogen) atoms. The van der Waals surface area contributed by atoms with E-state index in [4.69, 9.17) is 15.9 Å². The maximum Gasteiger partial charge on any atom is 0.180 e. The second kappa shape index (κ2) is 4.85. The average Bonchev–Trinajstić information content (AvgIpc) is 2.83. The van der Waals surface area contributed by atoms with Crippen LogP contribution in [0.25, 0.3) is 11.2 Å². The van der Waals surface area contributed by atoms with Crippen molar-refractivity contribution in [3.63, 3.8) is 0 Å². The minimum atomic E-state index is 0.0166. The zero-order valence-corrected chi connectivity index (χ0v) is 10.5. The van der Waals surface area contributed by atoms with Crippen LogP contribution < -0.4 is 11.2 Å².